The number of aromatic nitrogens is 1. The van der Waals surface area contributed by atoms with Crippen LogP contribution in [-0.2, 0) is 17.8 Å². The molecule has 8 nitrogen and oxygen atoms in total. The highest BCUT2D eigenvalue weighted by Crippen LogP contribution is 2.24. The first kappa shape index (κ1) is 24.9. The zero-order valence-corrected chi connectivity index (χ0v) is 18.3. The zero-order valence-electron chi connectivity index (χ0n) is 17.5. The lowest BCUT2D eigenvalue weighted by Crippen LogP contribution is -2.28. The monoisotopic (exact) mass is 497 g/mol. The summed E-state index contributed by atoms with van der Waals surface area (Å²) in [6.45, 7) is -0.0490. The molecule has 0 aliphatic rings. The fourth-order valence-corrected chi connectivity index (χ4v) is 2.94. The number of carbonyl (C=O) groups excluding carboxylic acids is 2. The maximum absolute atomic E-state index is 12.2. The minimum Gasteiger partial charge on any atom is -0.484 e. The molecule has 180 valence electrons. The number of benzene rings is 2. The first-order valence-electron chi connectivity index (χ1n) is 9.91. The van der Waals surface area contributed by atoms with Crippen LogP contribution in [0.5, 0.6) is 11.5 Å². The molecule has 0 saturated carbocycles. The van der Waals surface area contributed by atoms with E-state index in [0.29, 0.717) is 18.0 Å². The Hall–Kier alpha value is -3.73. The third kappa shape index (κ3) is 8.32. The molecule has 12 heteroatoms. The van der Waals surface area contributed by atoms with Crippen LogP contribution >= 0.6 is 11.6 Å². The lowest BCUT2D eigenvalue weighted by Gasteiger charge is -2.10. The van der Waals surface area contributed by atoms with Crippen molar-refractivity contribution in [2.45, 2.75) is 19.3 Å². The van der Waals surface area contributed by atoms with Gasteiger partial charge in [0.2, 0.25) is 0 Å². The van der Waals surface area contributed by atoms with E-state index in [1.54, 1.807) is 6.07 Å². The van der Waals surface area contributed by atoms with Gasteiger partial charge in [-0.3, -0.25) is 9.59 Å². The maximum Gasteiger partial charge on any atom is 0.573 e. The second-order valence-electron chi connectivity index (χ2n) is 6.90. The number of hydrogen-bond acceptors (Lipinski definition) is 6. The normalized spacial score (nSPS) is 11.1. The van der Waals surface area contributed by atoms with Gasteiger partial charge in [0.15, 0.2) is 18.1 Å². The van der Waals surface area contributed by atoms with Gasteiger partial charge >= 0.3 is 6.36 Å². The molecular weight excluding hydrogens is 479 g/mol. The Morgan fingerprint density at radius 3 is 2.47 bits per heavy atom. The summed E-state index contributed by atoms with van der Waals surface area (Å²) in [7, 11) is 0. The van der Waals surface area contributed by atoms with Crippen LogP contribution in [0.1, 0.15) is 21.8 Å². The number of rotatable bonds is 10. The molecule has 2 N–H and O–H groups in total. The van der Waals surface area contributed by atoms with E-state index in [0.717, 1.165) is 17.7 Å². The Morgan fingerprint density at radius 2 is 1.76 bits per heavy atom. The van der Waals surface area contributed by atoms with Crippen molar-refractivity contribution in [3.8, 4) is 11.5 Å². The van der Waals surface area contributed by atoms with Gasteiger partial charge in [0, 0.05) is 17.6 Å². The summed E-state index contributed by atoms with van der Waals surface area (Å²) in [5, 5.41) is 9.53. The average Bonchev–Trinajstić information content (AvgIpc) is 3.25. The van der Waals surface area contributed by atoms with Crippen molar-refractivity contribution in [3.05, 3.63) is 76.6 Å². The van der Waals surface area contributed by atoms with Crippen molar-refractivity contribution in [2.24, 2.45) is 0 Å². The van der Waals surface area contributed by atoms with E-state index in [1.165, 1.54) is 18.2 Å². The topological polar surface area (TPSA) is 103 Å². The van der Waals surface area contributed by atoms with E-state index in [1.807, 2.05) is 18.2 Å². The molecule has 1 aromatic heterocycles. The minimum atomic E-state index is -4.79. The molecule has 0 unspecified atom stereocenters. The first-order valence-corrected chi connectivity index (χ1v) is 10.3. The van der Waals surface area contributed by atoms with Gasteiger partial charge in [0.25, 0.3) is 11.8 Å². The van der Waals surface area contributed by atoms with Crippen molar-refractivity contribution in [1.82, 2.24) is 15.8 Å². The van der Waals surface area contributed by atoms with Crippen LogP contribution in [0.2, 0.25) is 5.02 Å². The van der Waals surface area contributed by atoms with E-state index < -0.39 is 23.9 Å². The number of ether oxygens (including phenoxy) is 2. The van der Waals surface area contributed by atoms with Crippen LogP contribution in [0.4, 0.5) is 13.2 Å². The van der Waals surface area contributed by atoms with Crippen molar-refractivity contribution >= 4 is 23.4 Å². The number of nitrogens with zero attached hydrogens (tertiary/aromatic N) is 1. The maximum atomic E-state index is 12.2. The van der Waals surface area contributed by atoms with Crippen molar-refractivity contribution in [2.75, 3.05) is 13.2 Å². The summed E-state index contributed by atoms with van der Waals surface area (Å²) in [5.41, 5.74) is 1.04. The van der Waals surface area contributed by atoms with Gasteiger partial charge in [-0.1, -0.05) is 28.9 Å². The first-order chi connectivity index (χ1) is 16.2. The Morgan fingerprint density at radius 1 is 1.03 bits per heavy atom. The average molecular weight is 498 g/mol. The quantitative estimate of drug-likeness (QED) is 0.440. The van der Waals surface area contributed by atoms with Gasteiger partial charge in [-0.25, -0.2) is 0 Å². The molecule has 0 bridgehead atoms. The molecule has 3 rings (SSSR count). The van der Waals surface area contributed by atoms with E-state index in [9.17, 15) is 22.8 Å². The third-order valence-electron chi connectivity index (χ3n) is 4.27. The lowest BCUT2D eigenvalue weighted by molar-refractivity contribution is -0.274. The summed E-state index contributed by atoms with van der Waals surface area (Å²) in [6.07, 6.45) is -4.20. The van der Waals surface area contributed by atoms with E-state index >= 15 is 0 Å². The SMILES string of the molecule is O=C(COc1ccc(OC(F)(F)F)cc1)NCc1cc(C(=O)NCCc2cccc(Cl)c2)no1. The smallest absolute Gasteiger partial charge is 0.484 e. The van der Waals surface area contributed by atoms with Gasteiger partial charge in [-0.05, 0) is 48.4 Å². The molecule has 0 aliphatic carbocycles. The van der Waals surface area contributed by atoms with Gasteiger partial charge < -0.3 is 24.6 Å². The van der Waals surface area contributed by atoms with Gasteiger partial charge in [-0.15, -0.1) is 13.2 Å². The van der Waals surface area contributed by atoms with Crippen LogP contribution in [0.15, 0.2) is 59.1 Å². The molecule has 0 fully saturated rings. The number of carbonyl (C=O) groups is 2. The minimum absolute atomic E-state index is 0.0383. The molecule has 2 aromatic carbocycles. The summed E-state index contributed by atoms with van der Waals surface area (Å²) in [5.74, 6) is -0.911. The molecule has 0 aliphatic heterocycles. The highest BCUT2D eigenvalue weighted by Gasteiger charge is 2.31. The highest BCUT2D eigenvalue weighted by atomic mass is 35.5. The lowest BCUT2D eigenvalue weighted by atomic mass is 10.1. The fourth-order valence-electron chi connectivity index (χ4n) is 2.73. The number of nitrogens with one attached hydrogen (secondary N) is 2. The molecule has 0 spiro atoms. The summed E-state index contributed by atoms with van der Waals surface area (Å²) in [6, 6.07) is 13.3. The fraction of sp³-hybridized carbons (Fsp3) is 0.227. The zero-order chi connectivity index (χ0) is 24.6. The predicted molar refractivity (Wildman–Crippen MR) is 114 cm³/mol. The van der Waals surface area contributed by atoms with Crippen molar-refractivity contribution in [3.63, 3.8) is 0 Å². The molecular formula is C22H19ClF3N3O5. The summed E-state index contributed by atoms with van der Waals surface area (Å²) >= 11 is 5.93. The van der Waals surface area contributed by atoms with Gasteiger partial charge in [0.1, 0.15) is 11.5 Å². The second-order valence-corrected chi connectivity index (χ2v) is 7.34. The van der Waals surface area contributed by atoms with E-state index in [4.69, 9.17) is 20.9 Å². The Bertz CT molecular complexity index is 1120. The Balaban J connectivity index is 1.37. The third-order valence-corrected chi connectivity index (χ3v) is 4.50. The number of hydrogen-bond donors (Lipinski definition) is 2. The second kappa shape index (κ2) is 11.4. The molecule has 3 aromatic rings. The van der Waals surface area contributed by atoms with Crippen LogP contribution < -0.4 is 20.1 Å². The number of halogens is 4. The van der Waals surface area contributed by atoms with E-state index in [-0.39, 0.29) is 30.4 Å². The molecule has 2 amide bonds. The molecule has 0 radical (unpaired) electrons. The van der Waals surface area contributed by atoms with Crippen LogP contribution in [0, 0.1) is 0 Å². The molecule has 0 saturated heterocycles. The summed E-state index contributed by atoms with van der Waals surface area (Å²) in [4.78, 5) is 24.1. The molecule has 0 atom stereocenters. The number of amides is 2. The number of alkyl halides is 3. The van der Waals surface area contributed by atoms with Gasteiger partial charge in [-0.2, -0.15) is 0 Å². The largest absolute Gasteiger partial charge is 0.573 e. The van der Waals surface area contributed by atoms with Crippen molar-refractivity contribution in [1.29, 1.82) is 0 Å². The standard InChI is InChI=1S/C22H19ClF3N3O5/c23-15-3-1-2-14(10-15)8-9-27-21(31)19-11-18(34-29-19)12-28-20(30)13-32-16-4-6-17(7-5-16)33-22(24,25)26/h1-7,10-11H,8-9,12-13H2,(H,27,31)(H,28,30). The van der Waals surface area contributed by atoms with Crippen LogP contribution in [0.25, 0.3) is 0 Å². The van der Waals surface area contributed by atoms with E-state index in [2.05, 4.69) is 20.5 Å². The van der Waals surface area contributed by atoms with Crippen LogP contribution in [-0.4, -0.2) is 36.5 Å². The van der Waals surface area contributed by atoms with Gasteiger partial charge in [0.05, 0.1) is 6.54 Å². The van der Waals surface area contributed by atoms with Crippen molar-refractivity contribution < 1.29 is 36.8 Å². The molecule has 34 heavy (non-hydrogen) atoms. The predicted octanol–water partition coefficient (Wildman–Crippen LogP) is 3.89. The molecule has 1 heterocycles. The Kier molecular flexibility index (Phi) is 8.36. The van der Waals surface area contributed by atoms with Crippen LogP contribution in [0.3, 0.4) is 0 Å². The Labute approximate surface area is 197 Å². The highest BCUT2D eigenvalue weighted by molar-refractivity contribution is 6.30. The summed E-state index contributed by atoms with van der Waals surface area (Å²) < 4.78 is 50.5.